The Morgan fingerprint density at radius 1 is 1.67 bits per heavy atom. The van der Waals surface area contributed by atoms with E-state index in [1.165, 1.54) is 0 Å². The Hall–Kier alpha value is -0.830. The third-order valence-electron chi connectivity index (χ3n) is 1.64. The third-order valence-corrected chi connectivity index (χ3v) is 1.64. The summed E-state index contributed by atoms with van der Waals surface area (Å²) < 4.78 is 9.75. The maximum Gasteiger partial charge on any atom is 0.317 e. The van der Waals surface area contributed by atoms with Crippen molar-refractivity contribution >= 4 is 5.97 Å². The van der Waals surface area contributed by atoms with Gasteiger partial charge in [-0.1, -0.05) is 6.08 Å². The second-order valence-electron chi connectivity index (χ2n) is 2.78. The number of hydrogen-bond donors (Lipinski definition) is 0. The Bertz CT molecular complexity index is 165. The highest BCUT2D eigenvalue weighted by atomic mass is 16.5. The van der Waals surface area contributed by atoms with E-state index in [2.05, 4.69) is 6.58 Å². The van der Waals surface area contributed by atoms with Crippen molar-refractivity contribution in [3.63, 3.8) is 0 Å². The fourth-order valence-corrected chi connectivity index (χ4v) is 0.797. The van der Waals surface area contributed by atoms with Crippen molar-refractivity contribution in [2.24, 2.45) is 5.41 Å². The molecule has 3 heteroatoms. The summed E-state index contributed by atoms with van der Waals surface area (Å²) >= 11 is 0. The van der Waals surface area contributed by atoms with Crippen LogP contribution in [-0.2, 0) is 14.3 Å². The molecular weight excluding hydrogens is 156 g/mol. The summed E-state index contributed by atoms with van der Waals surface area (Å²) in [4.78, 5) is 11.3. The van der Waals surface area contributed by atoms with Crippen molar-refractivity contribution in [3.8, 4) is 0 Å². The summed E-state index contributed by atoms with van der Waals surface area (Å²) in [6, 6.07) is 0. The zero-order chi connectivity index (χ0) is 9.61. The molecule has 0 aromatic rings. The lowest BCUT2D eigenvalue weighted by atomic mass is 9.92. The zero-order valence-electron chi connectivity index (χ0n) is 7.92. The van der Waals surface area contributed by atoms with Gasteiger partial charge in [-0.3, -0.25) is 4.79 Å². The van der Waals surface area contributed by atoms with E-state index in [0.717, 1.165) is 0 Å². The van der Waals surface area contributed by atoms with Crippen LogP contribution in [0.3, 0.4) is 0 Å². The Morgan fingerprint density at radius 3 is 2.58 bits per heavy atom. The molecule has 0 aliphatic heterocycles. The molecule has 70 valence electrons. The van der Waals surface area contributed by atoms with E-state index in [-0.39, 0.29) is 5.97 Å². The van der Waals surface area contributed by atoms with Crippen LogP contribution < -0.4 is 0 Å². The highest BCUT2D eigenvalue weighted by Crippen LogP contribution is 2.19. The predicted molar refractivity (Wildman–Crippen MR) is 46.8 cm³/mol. The van der Waals surface area contributed by atoms with Gasteiger partial charge < -0.3 is 9.47 Å². The number of methoxy groups -OCH3 is 1. The number of esters is 1. The lowest BCUT2D eigenvalue weighted by Gasteiger charge is -2.21. The first kappa shape index (κ1) is 11.2. The smallest absolute Gasteiger partial charge is 0.317 e. The normalized spacial score (nSPS) is 14.9. The Kier molecular flexibility index (Phi) is 4.59. The molecule has 0 radical (unpaired) electrons. The predicted octanol–water partition coefficient (Wildman–Crippen LogP) is 1.39. The van der Waals surface area contributed by atoms with Gasteiger partial charge in [0.25, 0.3) is 0 Å². The molecule has 0 aliphatic rings. The van der Waals surface area contributed by atoms with Gasteiger partial charge >= 0.3 is 5.97 Å². The largest absolute Gasteiger partial charge is 0.465 e. The minimum atomic E-state index is -0.718. The molecule has 0 fully saturated rings. The standard InChI is InChI=1S/C9H16O3/c1-5-9(3,7-11-4)8(10)12-6-2/h5H,1,6-7H2,2-4H3. The summed E-state index contributed by atoms with van der Waals surface area (Å²) in [6.45, 7) is 7.77. The van der Waals surface area contributed by atoms with Crippen LogP contribution in [0.15, 0.2) is 12.7 Å². The van der Waals surface area contributed by atoms with Crippen molar-refractivity contribution < 1.29 is 14.3 Å². The van der Waals surface area contributed by atoms with Crippen LogP contribution >= 0.6 is 0 Å². The van der Waals surface area contributed by atoms with E-state index in [9.17, 15) is 4.79 Å². The molecule has 0 aliphatic carbocycles. The van der Waals surface area contributed by atoms with E-state index in [0.29, 0.717) is 13.2 Å². The summed E-state index contributed by atoms with van der Waals surface area (Å²) in [5.41, 5.74) is -0.718. The third kappa shape index (κ3) is 2.66. The molecule has 0 aromatic heterocycles. The van der Waals surface area contributed by atoms with Gasteiger partial charge in [-0.15, -0.1) is 6.58 Å². The van der Waals surface area contributed by atoms with Crippen molar-refractivity contribution in [1.82, 2.24) is 0 Å². The van der Waals surface area contributed by atoms with Crippen molar-refractivity contribution in [3.05, 3.63) is 12.7 Å². The van der Waals surface area contributed by atoms with E-state index in [1.807, 2.05) is 0 Å². The molecule has 0 saturated carbocycles. The maximum atomic E-state index is 11.3. The number of carbonyl (C=O) groups excluding carboxylic acids is 1. The zero-order valence-corrected chi connectivity index (χ0v) is 7.92. The minimum Gasteiger partial charge on any atom is -0.465 e. The van der Waals surface area contributed by atoms with Crippen molar-refractivity contribution in [2.45, 2.75) is 13.8 Å². The van der Waals surface area contributed by atoms with Crippen LogP contribution in [0.4, 0.5) is 0 Å². The van der Waals surface area contributed by atoms with Gasteiger partial charge in [-0.2, -0.15) is 0 Å². The van der Waals surface area contributed by atoms with E-state index >= 15 is 0 Å². The monoisotopic (exact) mass is 172 g/mol. The molecule has 1 atom stereocenters. The maximum absolute atomic E-state index is 11.3. The van der Waals surface area contributed by atoms with Crippen molar-refractivity contribution in [1.29, 1.82) is 0 Å². The lowest BCUT2D eigenvalue weighted by Crippen LogP contribution is -2.32. The summed E-state index contributed by atoms with van der Waals surface area (Å²) in [5.74, 6) is -0.290. The molecule has 0 saturated heterocycles. The molecule has 1 unspecified atom stereocenters. The summed E-state index contributed by atoms with van der Waals surface area (Å²) in [5, 5.41) is 0. The number of rotatable bonds is 5. The topological polar surface area (TPSA) is 35.5 Å². The molecule has 0 bridgehead atoms. The fourth-order valence-electron chi connectivity index (χ4n) is 0.797. The van der Waals surface area contributed by atoms with E-state index in [4.69, 9.17) is 9.47 Å². The highest BCUT2D eigenvalue weighted by molar-refractivity contribution is 5.78. The molecule has 3 nitrogen and oxygen atoms in total. The first-order valence-electron chi connectivity index (χ1n) is 3.90. The van der Waals surface area contributed by atoms with Crippen LogP contribution in [0.25, 0.3) is 0 Å². The Balaban J connectivity index is 4.28. The lowest BCUT2D eigenvalue weighted by molar-refractivity contribution is -0.154. The molecule has 12 heavy (non-hydrogen) atoms. The molecule has 0 aromatic carbocycles. The van der Waals surface area contributed by atoms with Crippen LogP contribution in [0.1, 0.15) is 13.8 Å². The van der Waals surface area contributed by atoms with Gasteiger partial charge in [-0.25, -0.2) is 0 Å². The van der Waals surface area contributed by atoms with Crippen LogP contribution in [0.5, 0.6) is 0 Å². The first-order chi connectivity index (χ1) is 5.60. The van der Waals surface area contributed by atoms with Crippen LogP contribution in [-0.4, -0.2) is 26.3 Å². The molecular formula is C9H16O3. The average molecular weight is 172 g/mol. The molecule has 0 heterocycles. The second kappa shape index (κ2) is 4.93. The van der Waals surface area contributed by atoms with E-state index < -0.39 is 5.41 Å². The average Bonchev–Trinajstić information content (AvgIpc) is 2.05. The highest BCUT2D eigenvalue weighted by Gasteiger charge is 2.31. The SMILES string of the molecule is C=CC(C)(COC)C(=O)OCC. The summed E-state index contributed by atoms with van der Waals surface area (Å²) in [6.07, 6.45) is 1.55. The molecule has 0 amide bonds. The minimum absolute atomic E-state index is 0.290. The van der Waals surface area contributed by atoms with Crippen molar-refractivity contribution in [2.75, 3.05) is 20.3 Å². The van der Waals surface area contributed by atoms with Gasteiger partial charge in [0.1, 0.15) is 5.41 Å². The number of ether oxygens (including phenoxy) is 2. The van der Waals surface area contributed by atoms with Crippen LogP contribution in [0, 0.1) is 5.41 Å². The first-order valence-corrected chi connectivity index (χ1v) is 3.90. The van der Waals surface area contributed by atoms with Gasteiger partial charge in [0.15, 0.2) is 0 Å². The van der Waals surface area contributed by atoms with E-state index in [1.54, 1.807) is 27.0 Å². The summed E-state index contributed by atoms with van der Waals surface area (Å²) in [7, 11) is 1.54. The Morgan fingerprint density at radius 2 is 2.25 bits per heavy atom. The van der Waals surface area contributed by atoms with Gasteiger partial charge in [0.2, 0.25) is 0 Å². The Labute approximate surface area is 73.4 Å². The van der Waals surface area contributed by atoms with Gasteiger partial charge in [-0.05, 0) is 13.8 Å². The quantitative estimate of drug-likeness (QED) is 0.464. The second-order valence-corrected chi connectivity index (χ2v) is 2.78. The molecule has 0 N–H and O–H groups in total. The fraction of sp³-hybridized carbons (Fsp3) is 0.667. The number of hydrogen-bond acceptors (Lipinski definition) is 3. The van der Waals surface area contributed by atoms with Gasteiger partial charge in [0, 0.05) is 7.11 Å². The molecule has 0 spiro atoms. The van der Waals surface area contributed by atoms with Crippen LogP contribution in [0.2, 0.25) is 0 Å². The molecule has 0 rings (SSSR count). The number of carbonyl (C=O) groups is 1. The van der Waals surface area contributed by atoms with Gasteiger partial charge in [0.05, 0.1) is 13.2 Å².